The fourth-order valence-electron chi connectivity index (χ4n) is 8.97. The van der Waals surface area contributed by atoms with Crippen molar-refractivity contribution in [3.05, 3.63) is 108 Å². The minimum atomic E-state index is -0.883. The molecular formula is C48H56N10O7. The number of alkyl carbamates (subject to hydrolysis) is 2. The van der Waals surface area contributed by atoms with Gasteiger partial charge in [-0.05, 0) is 58.1 Å². The van der Waals surface area contributed by atoms with Gasteiger partial charge < -0.3 is 49.7 Å². The number of nitrogens with zero attached hydrogens (tertiary/aromatic N) is 6. The van der Waals surface area contributed by atoms with Crippen LogP contribution in [0.4, 0.5) is 14.4 Å². The Morgan fingerprint density at radius 1 is 0.631 bits per heavy atom. The number of benzene rings is 3. The number of nitrogens with one attached hydrogen (secondary N) is 4. The van der Waals surface area contributed by atoms with Gasteiger partial charge in [-0.1, -0.05) is 100 Å². The normalized spacial score (nSPS) is 17.9. The van der Waals surface area contributed by atoms with Crippen molar-refractivity contribution in [2.75, 3.05) is 34.0 Å². The van der Waals surface area contributed by atoms with E-state index in [0.717, 1.165) is 57.6 Å². The summed E-state index contributed by atoms with van der Waals surface area (Å²) < 4.78 is 9.60. The van der Waals surface area contributed by atoms with Crippen LogP contribution in [-0.4, -0.2) is 116 Å². The molecule has 4 atom stereocenters. The first-order chi connectivity index (χ1) is 31.3. The van der Waals surface area contributed by atoms with Crippen LogP contribution in [0.5, 0.6) is 0 Å². The number of aromatic nitrogens is 4. The van der Waals surface area contributed by atoms with Crippen LogP contribution < -0.4 is 10.6 Å². The van der Waals surface area contributed by atoms with Crippen LogP contribution in [0.2, 0.25) is 0 Å². The Hall–Kier alpha value is -7.17. The number of aromatic amines is 2. The maximum atomic E-state index is 14.2. The molecule has 65 heavy (non-hydrogen) atoms. The van der Waals surface area contributed by atoms with E-state index < -0.39 is 30.3 Å². The fourth-order valence-corrected chi connectivity index (χ4v) is 8.97. The van der Waals surface area contributed by atoms with E-state index in [9.17, 15) is 24.0 Å². The van der Waals surface area contributed by atoms with Crippen molar-refractivity contribution in [1.29, 1.82) is 0 Å². The van der Waals surface area contributed by atoms with E-state index in [1.807, 2.05) is 88.4 Å². The highest BCUT2D eigenvalue weighted by atomic mass is 16.5. The number of imidazole rings is 2. The summed E-state index contributed by atoms with van der Waals surface area (Å²) in [6, 6.07) is 21.6. The van der Waals surface area contributed by atoms with Gasteiger partial charge in [0.15, 0.2) is 0 Å². The number of methoxy groups -OCH3 is 2. The van der Waals surface area contributed by atoms with E-state index >= 15 is 0 Å². The average molecular weight is 885 g/mol. The molecule has 5 aromatic rings. The van der Waals surface area contributed by atoms with Gasteiger partial charge in [0, 0.05) is 19.6 Å². The predicted octanol–water partition coefficient (Wildman–Crippen LogP) is 6.84. The first-order valence-corrected chi connectivity index (χ1v) is 22.0. The molecule has 0 aliphatic carbocycles. The Kier molecular flexibility index (Phi) is 12.9. The van der Waals surface area contributed by atoms with E-state index in [1.54, 1.807) is 32.0 Å². The van der Waals surface area contributed by atoms with Crippen molar-refractivity contribution < 1.29 is 33.4 Å². The van der Waals surface area contributed by atoms with Gasteiger partial charge in [0.25, 0.3) is 0 Å². The minimum absolute atomic E-state index is 0.0307. The molecule has 3 aromatic carbocycles. The zero-order chi connectivity index (χ0) is 45.9. The molecule has 17 heteroatoms. The molecule has 2 fully saturated rings. The van der Waals surface area contributed by atoms with Gasteiger partial charge in [-0.2, -0.15) is 0 Å². The molecule has 17 nitrogen and oxygen atoms in total. The molecule has 8 rings (SSSR count). The first kappa shape index (κ1) is 44.4. The number of carbonyl (C=O) groups excluding carboxylic acids is 5. The standard InChI is InChI=1S/C48H56N10O7/c1-28(2)40(53-46(61)64-5)44(59)57-21-9-12-38(57)42-49-22-36(51-42)32-17-13-30(14-18-32)31-15-19-33(20-16-31)37-23-50-43(52-37)39-26-56(48(63)55-24-34-10-7-8-11-35(34)25-55)27-58(39)45(60)41(29(3)4)54-47(62)65-6/h7-8,10-11,13-20,22-23,28-29,38-41H,9,12,21,24-27H2,1-6H3,(H,49,51)(H,50,52)(H,53,61)(H,54,62)/t38-,39?,40-,41-/m0/s1. The third kappa shape index (κ3) is 9.26. The highest BCUT2D eigenvalue weighted by Gasteiger charge is 2.44. The molecule has 2 aromatic heterocycles. The van der Waals surface area contributed by atoms with Crippen LogP contribution in [0, 0.1) is 11.8 Å². The molecular weight excluding hydrogens is 829 g/mol. The van der Waals surface area contributed by atoms with Gasteiger partial charge in [0.05, 0.1) is 57.3 Å². The molecule has 2 saturated heterocycles. The summed E-state index contributed by atoms with van der Waals surface area (Å²) in [6.45, 7) is 9.28. The molecule has 4 N–H and O–H groups in total. The number of H-pyrrole nitrogens is 2. The second kappa shape index (κ2) is 18.9. The number of hydrogen-bond donors (Lipinski definition) is 4. The second-order valence-corrected chi connectivity index (χ2v) is 17.5. The lowest BCUT2D eigenvalue weighted by molar-refractivity contribution is -0.136. The molecule has 0 bridgehead atoms. The number of fused-ring (bicyclic) bond motifs is 1. The van der Waals surface area contributed by atoms with Gasteiger partial charge in [-0.15, -0.1) is 0 Å². The lowest BCUT2D eigenvalue weighted by Gasteiger charge is -2.30. The third-order valence-corrected chi connectivity index (χ3v) is 12.6. The number of rotatable bonds is 11. The number of amides is 6. The molecule has 1 unspecified atom stereocenters. The lowest BCUT2D eigenvalue weighted by Crippen LogP contribution is -2.52. The van der Waals surface area contributed by atoms with Crippen molar-refractivity contribution in [2.24, 2.45) is 11.8 Å². The lowest BCUT2D eigenvalue weighted by atomic mass is 10.0. The first-order valence-electron chi connectivity index (χ1n) is 22.0. The molecule has 5 heterocycles. The molecule has 3 aliphatic heterocycles. The minimum Gasteiger partial charge on any atom is -0.453 e. The Bertz CT molecular complexity index is 2510. The van der Waals surface area contributed by atoms with Gasteiger partial charge in [-0.25, -0.2) is 24.4 Å². The third-order valence-electron chi connectivity index (χ3n) is 12.6. The Morgan fingerprint density at radius 3 is 1.57 bits per heavy atom. The number of carbonyl (C=O) groups is 5. The van der Waals surface area contributed by atoms with Crippen molar-refractivity contribution >= 4 is 30.0 Å². The van der Waals surface area contributed by atoms with Crippen molar-refractivity contribution in [3.8, 4) is 33.6 Å². The summed E-state index contributed by atoms with van der Waals surface area (Å²) >= 11 is 0. The highest BCUT2D eigenvalue weighted by Crippen LogP contribution is 2.35. The quantitative estimate of drug-likeness (QED) is 0.110. The van der Waals surface area contributed by atoms with Crippen molar-refractivity contribution in [2.45, 2.75) is 77.8 Å². The smallest absolute Gasteiger partial charge is 0.407 e. The SMILES string of the molecule is COC(=O)N[C@H](C(=O)N1CN(C(=O)N2Cc3ccccc3C2)CC1c1ncc(-c2ccc(-c3ccc(-c4cnc([C@@H]5CCCN5C(=O)[C@@H](NC(=O)OC)C(C)C)[nH]4)cc3)cc2)[nH]1)C(C)C. The number of hydrogen-bond acceptors (Lipinski definition) is 9. The maximum absolute atomic E-state index is 14.2. The van der Waals surface area contributed by atoms with Crippen LogP contribution in [0.25, 0.3) is 33.6 Å². The van der Waals surface area contributed by atoms with Crippen LogP contribution in [0.15, 0.2) is 85.2 Å². The zero-order valence-electron chi connectivity index (χ0n) is 37.5. The van der Waals surface area contributed by atoms with E-state index in [-0.39, 0.29) is 48.9 Å². The van der Waals surface area contributed by atoms with E-state index in [1.165, 1.54) is 14.2 Å². The van der Waals surface area contributed by atoms with E-state index in [0.29, 0.717) is 31.3 Å². The van der Waals surface area contributed by atoms with Crippen LogP contribution >= 0.6 is 0 Å². The molecule has 0 spiro atoms. The van der Waals surface area contributed by atoms with Crippen LogP contribution in [-0.2, 0) is 32.2 Å². The van der Waals surface area contributed by atoms with Crippen molar-refractivity contribution in [3.63, 3.8) is 0 Å². The monoisotopic (exact) mass is 884 g/mol. The van der Waals surface area contributed by atoms with Crippen molar-refractivity contribution in [1.82, 2.24) is 50.2 Å². The van der Waals surface area contributed by atoms with E-state index in [4.69, 9.17) is 14.5 Å². The van der Waals surface area contributed by atoms with Gasteiger partial charge in [0.2, 0.25) is 11.8 Å². The Labute approximate surface area is 377 Å². The summed E-state index contributed by atoms with van der Waals surface area (Å²) in [7, 11) is 2.54. The largest absolute Gasteiger partial charge is 0.453 e. The summed E-state index contributed by atoms with van der Waals surface area (Å²) in [4.78, 5) is 89.3. The van der Waals surface area contributed by atoms with Crippen LogP contribution in [0.3, 0.4) is 0 Å². The predicted molar refractivity (Wildman–Crippen MR) is 241 cm³/mol. The maximum Gasteiger partial charge on any atom is 0.407 e. The Balaban J connectivity index is 0.957. The highest BCUT2D eigenvalue weighted by molar-refractivity contribution is 5.88. The van der Waals surface area contributed by atoms with Gasteiger partial charge in [-0.3, -0.25) is 9.59 Å². The Morgan fingerprint density at radius 2 is 1.09 bits per heavy atom. The molecule has 0 saturated carbocycles. The summed E-state index contributed by atoms with van der Waals surface area (Å²) in [6.07, 6.45) is 3.77. The average Bonchev–Trinajstić information content (AvgIpc) is 4.18. The summed E-state index contributed by atoms with van der Waals surface area (Å²) in [5, 5.41) is 5.38. The van der Waals surface area contributed by atoms with E-state index in [2.05, 4.69) is 37.7 Å². The van der Waals surface area contributed by atoms with Gasteiger partial charge >= 0.3 is 18.2 Å². The van der Waals surface area contributed by atoms with Crippen LogP contribution in [0.1, 0.15) is 75.4 Å². The molecule has 6 amide bonds. The molecule has 3 aliphatic rings. The molecule has 340 valence electrons. The zero-order valence-corrected chi connectivity index (χ0v) is 37.5. The number of likely N-dealkylation sites (tertiary alicyclic amines) is 1. The fraction of sp³-hybridized carbons (Fsp3) is 0.396. The summed E-state index contributed by atoms with van der Waals surface area (Å²) in [5.41, 5.74) is 7.65. The topological polar surface area (TPSA) is 198 Å². The van der Waals surface area contributed by atoms with Gasteiger partial charge in [0.1, 0.15) is 29.8 Å². The number of ether oxygens (including phenoxy) is 2. The number of urea groups is 1. The molecule has 0 radical (unpaired) electrons. The summed E-state index contributed by atoms with van der Waals surface area (Å²) in [5.74, 6) is 0.360. The second-order valence-electron chi connectivity index (χ2n) is 17.5.